The summed E-state index contributed by atoms with van der Waals surface area (Å²) in [4.78, 5) is 16.7. The molecule has 0 saturated carbocycles. The number of nitrogens with zero attached hydrogens (tertiary/aromatic N) is 4. The molecule has 4 aromatic rings. The van der Waals surface area contributed by atoms with E-state index in [1.54, 1.807) is 24.8 Å². The number of aromatic nitrogens is 4. The molecule has 4 aromatic heterocycles. The van der Waals surface area contributed by atoms with E-state index in [0.717, 1.165) is 22.8 Å². The standard InChI is InChI=1S/2C10H8N2.4ClH.Os/c2*1-3-7-11-9(5-1)10-6-2-4-8-12-10;;;;;/h2*1-8H;4*1H;/q;;;;;;+4/p-4. The molecule has 29 heavy (non-hydrogen) atoms. The van der Waals surface area contributed by atoms with Crippen molar-refractivity contribution in [1.82, 2.24) is 19.9 Å². The molecule has 0 amide bonds. The topological polar surface area (TPSA) is 51.6 Å². The Labute approximate surface area is 208 Å². The van der Waals surface area contributed by atoms with Crippen molar-refractivity contribution in [2.75, 3.05) is 0 Å². The maximum atomic E-state index is 4.19. The van der Waals surface area contributed by atoms with E-state index in [1.165, 1.54) is 0 Å². The normalized spacial score (nSPS) is 8.00. The zero-order valence-electron chi connectivity index (χ0n) is 14.9. The van der Waals surface area contributed by atoms with Crippen LogP contribution in [0.3, 0.4) is 0 Å². The van der Waals surface area contributed by atoms with E-state index in [4.69, 9.17) is 0 Å². The molecule has 0 unspecified atom stereocenters. The van der Waals surface area contributed by atoms with Gasteiger partial charge in [-0.3, -0.25) is 19.9 Å². The molecule has 0 aromatic carbocycles. The van der Waals surface area contributed by atoms with Gasteiger partial charge in [-0.05, 0) is 48.5 Å². The Kier molecular flexibility index (Phi) is 20.4. The van der Waals surface area contributed by atoms with Crippen molar-refractivity contribution in [3.63, 3.8) is 0 Å². The molecule has 0 aliphatic heterocycles. The Morgan fingerprint density at radius 2 is 0.552 bits per heavy atom. The summed E-state index contributed by atoms with van der Waals surface area (Å²) in [6.07, 6.45) is 7.07. The summed E-state index contributed by atoms with van der Waals surface area (Å²) in [6.45, 7) is 0. The first-order valence-electron chi connectivity index (χ1n) is 7.58. The summed E-state index contributed by atoms with van der Waals surface area (Å²) in [6, 6.07) is 23.2. The average Bonchev–Trinajstić information content (AvgIpc) is 2.71. The fraction of sp³-hybridized carbons (Fsp3) is 0. The first kappa shape index (κ1) is 32.1. The maximum Gasteiger partial charge on any atom is 4.00 e. The van der Waals surface area contributed by atoms with Crippen LogP contribution in [-0.4, -0.2) is 19.9 Å². The Hall–Kier alpha value is -1.60. The van der Waals surface area contributed by atoms with Crippen LogP contribution in [-0.2, 0) is 19.8 Å². The first-order valence-corrected chi connectivity index (χ1v) is 7.58. The van der Waals surface area contributed by atoms with Gasteiger partial charge in [0.05, 0.1) is 22.8 Å². The zero-order chi connectivity index (χ0) is 16.5. The second-order valence-electron chi connectivity index (χ2n) is 4.86. The molecule has 0 aliphatic carbocycles. The predicted octanol–water partition coefficient (Wildman–Crippen LogP) is -7.70. The van der Waals surface area contributed by atoms with E-state index >= 15 is 0 Å². The average molecular weight is 644 g/mol. The molecule has 0 atom stereocenters. The monoisotopic (exact) mass is 644 g/mol. The van der Waals surface area contributed by atoms with Crippen molar-refractivity contribution in [2.45, 2.75) is 0 Å². The second-order valence-corrected chi connectivity index (χ2v) is 4.86. The van der Waals surface area contributed by atoms with Crippen LogP contribution in [0.4, 0.5) is 0 Å². The molecule has 4 nitrogen and oxygen atoms in total. The third-order valence-electron chi connectivity index (χ3n) is 3.18. The van der Waals surface area contributed by atoms with Crippen molar-refractivity contribution >= 4 is 0 Å². The van der Waals surface area contributed by atoms with Gasteiger partial charge in [-0.1, -0.05) is 24.3 Å². The second kappa shape index (κ2) is 18.4. The summed E-state index contributed by atoms with van der Waals surface area (Å²) in [7, 11) is 0. The van der Waals surface area contributed by atoms with Crippen LogP contribution >= 0.6 is 0 Å². The van der Waals surface area contributed by atoms with E-state index < -0.39 is 0 Å². The van der Waals surface area contributed by atoms with Crippen LogP contribution in [0, 0.1) is 0 Å². The third-order valence-corrected chi connectivity index (χ3v) is 3.18. The van der Waals surface area contributed by atoms with Gasteiger partial charge in [0.2, 0.25) is 0 Å². The Balaban J connectivity index is -0.000000398. The SMILES string of the molecule is [Cl-].[Cl-].[Cl-].[Cl-].[Os+4].c1ccc(-c2ccccn2)nc1.c1ccc(-c2ccccn2)nc1. The smallest absolute Gasteiger partial charge is 1.00 e. The van der Waals surface area contributed by atoms with Crippen molar-refractivity contribution in [3.05, 3.63) is 97.6 Å². The van der Waals surface area contributed by atoms with Gasteiger partial charge in [-0.2, -0.15) is 0 Å². The molecule has 152 valence electrons. The summed E-state index contributed by atoms with van der Waals surface area (Å²) in [5, 5.41) is 0. The minimum atomic E-state index is 0. The van der Waals surface area contributed by atoms with E-state index in [-0.39, 0.29) is 69.4 Å². The van der Waals surface area contributed by atoms with Crippen LogP contribution in [0.2, 0.25) is 0 Å². The van der Waals surface area contributed by atoms with E-state index in [2.05, 4.69) is 19.9 Å². The first-order chi connectivity index (χ1) is 11.9. The van der Waals surface area contributed by atoms with Crippen LogP contribution in [0.15, 0.2) is 97.6 Å². The molecule has 4 rings (SSSR count). The van der Waals surface area contributed by atoms with Gasteiger partial charge in [0.1, 0.15) is 0 Å². The molecule has 0 fully saturated rings. The third kappa shape index (κ3) is 10.7. The van der Waals surface area contributed by atoms with Crippen molar-refractivity contribution in [1.29, 1.82) is 0 Å². The Morgan fingerprint density at radius 3 is 0.690 bits per heavy atom. The minimum absolute atomic E-state index is 0. The zero-order valence-corrected chi connectivity index (χ0v) is 20.5. The number of rotatable bonds is 2. The van der Waals surface area contributed by atoms with Gasteiger partial charge in [-0.25, -0.2) is 0 Å². The van der Waals surface area contributed by atoms with Crippen LogP contribution in [0.1, 0.15) is 0 Å². The molecule has 0 radical (unpaired) electrons. The van der Waals surface area contributed by atoms with Gasteiger partial charge < -0.3 is 49.6 Å². The van der Waals surface area contributed by atoms with Gasteiger partial charge in [0.15, 0.2) is 0 Å². The van der Waals surface area contributed by atoms with Gasteiger partial charge in [0.25, 0.3) is 0 Å². The molecule has 0 bridgehead atoms. The molecule has 0 saturated heterocycles. The Morgan fingerprint density at radius 1 is 0.345 bits per heavy atom. The summed E-state index contributed by atoms with van der Waals surface area (Å²) in [5.41, 5.74) is 3.66. The molecule has 9 heteroatoms. The summed E-state index contributed by atoms with van der Waals surface area (Å²) in [5.74, 6) is 0. The molecule has 4 heterocycles. The van der Waals surface area contributed by atoms with E-state index in [0.29, 0.717) is 0 Å². The van der Waals surface area contributed by atoms with Crippen molar-refractivity contribution < 1.29 is 69.4 Å². The molecular weight excluding hydrogens is 628 g/mol. The predicted molar refractivity (Wildman–Crippen MR) is 94.9 cm³/mol. The number of hydrogen-bond donors (Lipinski definition) is 0. The largest absolute Gasteiger partial charge is 4.00 e. The molecular formula is C20H16Cl4N4Os. The summed E-state index contributed by atoms with van der Waals surface area (Å²) >= 11 is 0. The molecule has 0 aliphatic rings. The van der Waals surface area contributed by atoms with E-state index in [9.17, 15) is 0 Å². The van der Waals surface area contributed by atoms with E-state index in [1.807, 2.05) is 72.8 Å². The fourth-order valence-electron chi connectivity index (χ4n) is 2.06. The quantitative estimate of drug-likeness (QED) is 0.218. The Bertz CT molecular complexity index is 708. The van der Waals surface area contributed by atoms with Crippen molar-refractivity contribution in [2.24, 2.45) is 0 Å². The van der Waals surface area contributed by atoms with Crippen LogP contribution < -0.4 is 49.6 Å². The van der Waals surface area contributed by atoms with Gasteiger partial charge >= 0.3 is 19.8 Å². The minimum Gasteiger partial charge on any atom is -1.00 e. The number of pyridine rings is 4. The maximum absolute atomic E-state index is 4.19. The van der Waals surface area contributed by atoms with Gasteiger partial charge in [0, 0.05) is 24.8 Å². The summed E-state index contributed by atoms with van der Waals surface area (Å²) < 4.78 is 0. The van der Waals surface area contributed by atoms with Crippen molar-refractivity contribution in [3.8, 4) is 22.8 Å². The number of halogens is 4. The van der Waals surface area contributed by atoms with Crippen LogP contribution in [0.5, 0.6) is 0 Å². The number of hydrogen-bond acceptors (Lipinski definition) is 4. The fourth-order valence-corrected chi connectivity index (χ4v) is 2.06. The molecule has 0 spiro atoms. The van der Waals surface area contributed by atoms with Gasteiger partial charge in [-0.15, -0.1) is 0 Å². The molecule has 0 N–H and O–H groups in total. The van der Waals surface area contributed by atoms with Crippen LogP contribution in [0.25, 0.3) is 22.8 Å².